The Morgan fingerprint density at radius 1 is 1.00 bits per heavy atom. The minimum absolute atomic E-state index is 0.162. The zero-order valence-electron chi connectivity index (χ0n) is 14.0. The summed E-state index contributed by atoms with van der Waals surface area (Å²) in [7, 11) is 0. The van der Waals surface area contributed by atoms with Crippen LogP contribution < -0.4 is 10.6 Å². The molecule has 0 fully saturated rings. The number of carbonyl (C=O) groups excluding carboxylic acids is 1. The van der Waals surface area contributed by atoms with Crippen LogP contribution in [0.15, 0.2) is 78.9 Å². The highest BCUT2D eigenvalue weighted by Gasteiger charge is 2.24. The first kappa shape index (κ1) is 18.1. The summed E-state index contributed by atoms with van der Waals surface area (Å²) in [6, 6.07) is 22.4. The summed E-state index contributed by atoms with van der Waals surface area (Å²) in [6.45, 7) is 0.608. The molecular weight excluding hydrogens is 351 g/mol. The van der Waals surface area contributed by atoms with Gasteiger partial charge in [-0.1, -0.05) is 54.1 Å². The Morgan fingerprint density at radius 2 is 1.73 bits per heavy atom. The maximum atomic E-state index is 13.1. The maximum Gasteiger partial charge on any atom is 0.287 e. The number of rotatable bonds is 6. The number of hydrogen-bond acceptors (Lipinski definition) is 1. The molecule has 5 heteroatoms. The van der Waals surface area contributed by atoms with E-state index >= 15 is 0 Å². The molecule has 0 radical (unpaired) electrons. The van der Waals surface area contributed by atoms with Crippen molar-refractivity contribution in [2.45, 2.75) is 12.6 Å². The number of carbonyl (C=O) groups is 1. The first-order valence-electron chi connectivity index (χ1n) is 8.31. The number of halogens is 2. The molecule has 3 nitrogen and oxygen atoms in total. The van der Waals surface area contributed by atoms with Crippen molar-refractivity contribution in [1.82, 2.24) is 0 Å². The smallest absolute Gasteiger partial charge is 0.287 e. The lowest BCUT2D eigenvalue weighted by Crippen LogP contribution is -2.85. The fraction of sp³-hybridized carbons (Fsp3) is 0.0952. The van der Waals surface area contributed by atoms with Gasteiger partial charge in [-0.25, -0.2) is 4.39 Å². The van der Waals surface area contributed by atoms with Crippen molar-refractivity contribution >= 4 is 23.2 Å². The Kier molecular flexibility index (Phi) is 6.00. The molecular formula is C21H19ClFN2O+. The van der Waals surface area contributed by atoms with E-state index in [1.54, 1.807) is 12.1 Å². The van der Waals surface area contributed by atoms with E-state index in [2.05, 4.69) is 5.32 Å². The second-order valence-electron chi connectivity index (χ2n) is 5.95. The van der Waals surface area contributed by atoms with Gasteiger partial charge in [0.15, 0.2) is 6.04 Å². The van der Waals surface area contributed by atoms with Crippen molar-refractivity contribution in [3.8, 4) is 0 Å². The van der Waals surface area contributed by atoms with Gasteiger partial charge in [0, 0.05) is 21.8 Å². The van der Waals surface area contributed by atoms with Crippen LogP contribution >= 0.6 is 11.6 Å². The quantitative estimate of drug-likeness (QED) is 0.679. The predicted octanol–water partition coefficient (Wildman–Crippen LogP) is 3.92. The molecule has 3 aromatic carbocycles. The second kappa shape index (κ2) is 8.61. The molecule has 0 heterocycles. The van der Waals surface area contributed by atoms with Crippen molar-refractivity contribution in [2.75, 3.05) is 5.32 Å². The number of nitrogens with one attached hydrogen (secondary N) is 1. The summed E-state index contributed by atoms with van der Waals surface area (Å²) in [5.41, 5.74) is 2.50. The lowest BCUT2D eigenvalue weighted by atomic mass is 10.1. The molecule has 0 spiro atoms. The first-order valence-corrected chi connectivity index (χ1v) is 8.69. The Hall–Kier alpha value is -2.69. The number of benzene rings is 3. The summed E-state index contributed by atoms with van der Waals surface area (Å²) in [6.07, 6.45) is 0. The zero-order valence-corrected chi connectivity index (χ0v) is 14.8. The van der Waals surface area contributed by atoms with Crippen LogP contribution in [0.1, 0.15) is 17.2 Å². The lowest BCUT2D eigenvalue weighted by Gasteiger charge is -2.16. The first-order chi connectivity index (χ1) is 12.6. The van der Waals surface area contributed by atoms with Crippen LogP contribution in [-0.4, -0.2) is 5.91 Å². The standard InChI is InChI=1S/C21H18ClFN2O/c22-17-8-4-5-15(13-17)14-24-20(16-6-2-1-3-7-16)21(26)25-19-11-9-18(23)10-12-19/h1-13,20,24H,14H2,(H,25,26)/p+1/t20-/m0/s1. The number of hydrogen-bond donors (Lipinski definition) is 2. The molecule has 0 saturated heterocycles. The molecule has 0 saturated carbocycles. The normalized spacial score (nSPS) is 11.8. The van der Waals surface area contributed by atoms with Crippen molar-refractivity contribution in [3.05, 3.63) is 101 Å². The van der Waals surface area contributed by atoms with Gasteiger partial charge in [-0.2, -0.15) is 0 Å². The second-order valence-corrected chi connectivity index (χ2v) is 6.39. The van der Waals surface area contributed by atoms with Crippen molar-refractivity contribution in [1.29, 1.82) is 0 Å². The van der Waals surface area contributed by atoms with Crippen molar-refractivity contribution in [3.63, 3.8) is 0 Å². The van der Waals surface area contributed by atoms with Crippen molar-refractivity contribution in [2.24, 2.45) is 0 Å². The molecule has 1 amide bonds. The van der Waals surface area contributed by atoms with Crippen LogP contribution in [0.3, 0.4) is 0 Å². The number of quaternary nitrogens is 1. The van der Waals surface area contributed by atoms with Gasteiger partial charge in [0.1, 0.15) is 12.4 Å². The molecule has 132 valence electrons. The van der Waals surface area contributed by atoms with E-state index in [1.165, 1.54) is 12.1 Å². The number of anilines is 1. The molecule has 0 unspecified atom stereocenters. The van der Waals surface area contributed by atoms with E-state index < -0.39 is 6.04 Å². The molecule has 3 aromatic rings. The van der Waals surface area contributed by atoms with E-state index in [0.717, 1.165) is 11.1 Å². The monoisotopic (exact) mass is 369 g/mol. The SMILES string of the molecule is O=C(Nc1ccc(F)cc1)[C@@H]([NH2+]Cc1cccc(Cl)c1)c1ccccc1. The highest BCUT2D eigenvalue weighted by molar-refractivity contribution is 6.30. The van der Waals surface area contributed by atoms with Crippen LogP contribution in [0.2, 0.25) is 5.02 Å². The third kappa shape index (κ3) is 4.91. The number of nitrogens with two attached hydrogens (primary N) is 1. The average Bonchev–Trinajstić information content (AvgIpc) is 2.65. The fourth-order valence-electron chi connectivity index (χ4n) is 2.73. The Bertz CT molecular complexity index is 869. The largest absolute Gasteiger partial charge is 0.328 e. The maximum absolute atomic E-state index is 13.1. The van der Waals surface area contributed by atoms with Crippen LogP contribution in [0.5, 0.6) is 0 Å². The molecule has 1 atom stereocenters. The van der Waals surface area contributed by atoms with E-state index in [9.17, 15) is 9.18 Å². The third-order valence-corrected chi connectivity index (χ3v) is 4.27. The van der Waals surface area contributed by atoms with Crippen LogP contribution in [-0.2, 0) is 11.3 Å². The van der Waals surface area contributed by atoms with Gasteiger partial charge >= 0.3 is 0 Å². The highest BCUT2D eigenvalue weighted by atomic mass is 35.5. The van der Waals surface area contributed by atoms with E-state index in [-0.39, 0.29) is 11.7 Å². The van der Waals surface area contributed by atoms with Crippen LogP contribution in [0.25, 0.3) is 0 Å². The van der Waals surface area contributed by atoms with E-state index in [0.29, 0.717) is 17.3 Å². The topological polar surface area (TPSA) is 45.7 Å². The summed E-state index contributed by atoms with van der Waals surface area (Å²) in [5.74, 6) is -0.500. The summed E-state index contributed by atoms with van der Waals surface area (Å²) in [5, 5.41) is 5.48. The average molecular weight is 370 g/mol. The molecule has 0 aliphatic heterocycles. The molecule has 0 bridgehead atoms. The summed E-state index contributed by atoms with van der Waals surface area (Å²) < 4.78 is 13.1. The van der Waals surface area contributed by atoms with Gasteiger partial charge in [0.05, 0.1) is 0 Å². The summed E-state index contributed by atoms with van der Waals surface area (Å²) >= 11 is 6.04. The third-order valence-electron chi connectivity index (χ3n) is 4.03. The fourth-order valence-corrected chi connectivity index (χ4v) is 2.94. The number of amides is 1. The molecule has 0 aromatic heterocycles. The van der Waals surface area contributed by atoms with Crippen LogP contribution in [0.4, 0.5) is 10.1 Å². The predicted molar refractivity (Wildman–Crippen MR) is 101 cm³/mol. The van der Waals surface area contributed by atoms with Crippen molar-refractivity contribution < 1.29 is 14.5 Å². The van der Waals surface area contributed by atoms with Gasteiger partial charge < -0.3 is 10.6 Å². The van der Waals surface area contributed by atoms with Gasteiger partial charge in [-0.05, 0) is 36.4 Å². The van der Waals surface area contributed by atoms with Gasteiger partial charge in [0.2, 0.25) is 0 Å². The molecule has 3 rings (SSSR count). The Labute approximate surface area is 156 Å². The minimum atomic E-state index is -0.430. The van der Waals surface area contributed by atoms with E-state index in [4.69, 9.17) is 11.6 Å². The Morgan fingerprint density at radius 3 is 2.42 bits per heavy atom. The van der Waals surface area contributed by atoms with Gasteiger partial charge in [-0.15, -0.1) is 0 Å². The lowest BCUT2D eigenvalue weighted by molar-refractivity contribution is -0.697. The van der Waals surface area contributed by atoms with Crippen LogP contribution in [0, 0.1) is 5.82 Å². The zero-order chi connectivity index (χ0) is 18.4. The molecule has 3 N–H and O–H groups in total. The minimum Gasteiger partial charge on any atom is -0.328 e. The highest BCUT2D eigenvalue weighted by Crippen LogP contribution is 2.15. The van der Waals surface area contributed by atoms with E-state index in [1.807, 2.05) is 59.9 Å². The molecule has 26 heavy (non-hydrogen) atoms. The molecule has 0 aliphatic rings. The molecule has 0 aliphatic carbocycles. The van der Waals surface area contributed by atoms with Gasteiger partial charge in [-0.3, -0.25) is 4.79 Å². The summed E-state index contributed by atoms with van der Waals surface area (Å²) in [4.78, 5) is 12.8. The Balaban J connectivity index is 1.76. The van der Waals surface area contributed by atoms with Gasteiger partial charge in [0.25, 0.3) is 5.91 Å².